The fourth-order valence-electron chi connectivity index (χ4n) is 2.93. The molecule has 0 bridgehead atoms. The molecule has 0 aromatic heterocycles. The van der Waals surface area contributed by atoms with Crippen LogP contribution in [0.3, 0.4) is 0 Å². The highest BCUT2D eigenvalue weighted by molar-refractivity contribution is 6.27. The molecule has 33 heavy (non-hydrogen) atoms. The van der Waals surface area contributed by atoms with Gasteiger partial charge in [-0.25, -0.2) is 9.59 Å². The lowest BCUT2D eigenvalue weighted by atomic mass is 10.1. The van der Waals surface area contributed by atoms with Gasteiger partial charge in [0.15, 0.2) is 0 Å². The van der Waals surface area contributed by atoms with Gasteiger partial charge in [-0.2, -0.15) is 0 Å². The van der Waals surface area contributed by atoms with Gasteiger partial charge in [-0.05, 0) is 50.7 Å². The van der Waals surface area contributed by atoms with Crippen molar-refractivity contribution in [2.24, 2.45) is 0 Å². The SMILES string of the molecule is C=[N+]=CC(=O)CC[C@H](NC(=O)c1ccc(OC(=O)C2=CN(C)C=CC2)cc1)C(=O)OC(C)C. The lowest BCUT2D eigenvalue weighted by Gasteiger charge is -2.18. The highest BCUT2D eigenvalue weighted by atomic mass is 16.5. The largest absolute Gasteiger partial charge is 0.461 e. The van der Waals surface area contributed by atoms with Crippen LogP contribution in [0, 0.1) is 0 Å². The second kappa shape index (κ2) is 12.2. The molecule has 0 unspecified atom stereocenters. The van der Waals surface area contributed by atoms with Gasteiger partial charge in [0, 0.05) is 31.7 Å². The Morgan fingerprint density at radius 3 is 2.52 bits per heavy atom. The molecule has 0 spiro atoms. The van der Waals surface area contributed by atoms with E-state index in [-0.39, 0.29) is 36.0 Å². The van der Waals surface area contributed by atoms with E-state index in [0.717, 1.165) is 6.21 Å². The Morgan fingerprint density at radius 2 is 1.91 bits per heavy atom. The number of ether oxygens (including phenoxy) is 2. The summed E-state index contributed by atoms with van der Waals surface area (Å²) in [6.07, 6.45) is 6.59. The summed E-state index contributed by atoms with van der Waals surface area (Å²) in [4.78, 5) is 50.8. The molecule has 9 heteroatoms. The predicted octanol–water partition coefficient (Wildman–Crippen LogP) is 1.56. The molecule has 0 fully saturated rings. The zero-order valence-corrected chi connectivity index (χ0v) is 18.9. The monoisotopic (exact) mass is 454 g/mol. The smallest absolute Gasteiger partial charge is 0.341 e. The number of Topliss-reactive ketones (excluding diaryl/α,β-unsaturated/α-hetero) is 1. The van der Waals surface area contributed by atoms with Gasteiger partial charge in [0.1, 0.15) is 11.8 Å². The van der Waals surface area contributed by atoms with Crippen molar-refractivity contribution in [3.63, 3.8) is 0 Å². The molecule has 1 aliphatic rings. The Balaban J connectivity index is 2.03. The van der Waals surface area contributed by atoms with Crippen molar-refractivity contribution in [2.75, 3.05) is 7.05 Å². The minimum Gasteiger partial charge on any atom is -0.461 e. The first-order chi connectivity index (χ1) is 15.7. The van der Waals surface area contributed by atoms with Crippen LogP contribution in [0.4, 0.5) is 0 Å². The molecule has 0 aliphatic carbocycles. The standard InChI is InChI=1S/C24H27N3O6/c1-16(2)32-24(31)21(12-9-19(28)14-25-3)26-22(29)17-7-10-20(11-8-17)33-23(30)18-6-5-13-27(4)15-18/h5,7-8,10-11,13-16,21H,3,6,9,12H2,1-2,4H3/p+1/t21-/m0/s1. The molecule has 0 saturated carbocycles. The quantitative estimate of drug-likeness (QED) is 0.247. The molecule has 174 valence electrons. The van der Waals surface area contributed by atoms with Crippen LogP contribution < -0.4 is 14.7 Å². The summed E-state index contributed by atoms with van der Waals surface area (Å²) in [5, 5.41) is 2.60. The zero-order valence-electron chi connectivity index (χ0n) is 18.9. The molecule has 0 radical (unpaired) electrons. The molecule has 9 nitrogen and oxygen atoms in total. The van der Waals surface area contributed by atoms with Gasteiger partial charge in [0.25, 0.3) is 12.6 Å². The van der Waals surface area contributed by atoms with Crippen molar-refractivity contribution in [2.45, 2.75) is 45.3 Å². The van der Waals surface area contributed by atoms with Crippen molar-refractivity contribution >= 4 is 36.6 Å². The number of ketones is 1. The van der Waals surface area contributed by atoms with Crippen molar-refractivity contribution in [1.82, 2.24) is 14.9 Å². The predicted molar refractivity (Wildman–Crippen MR) is 124 cm³/mol. The fraction of sp³-hybridized carbons (Fsp3) is 0.333. The van der Waals surface area contributed by atoms with Gasteiger partial charge in [-0.15, -0.1) is 4.67 Å². The summed E-state index contributed by atoms with van der Waals surface area (Å²) in [6.45, 7) is 6.60. The average Bonchev–Trinajstić information content (AvgIpc) is 2.76. The van der Waals surface area contributed by atoms with Crippen LogP contribution in [0.1, 0.15) is 43.5 Å². The second-order valence-corrected chi connectivity index (χ2v) is 7.65. The lowest BCUT2D eigenvalue weighted by molar-refractivity contribution is -0.150. The third-order valence-electron chi connectivity index (χ3n) is 4.48. The number of nitrogens with zero attached hydrogens (tertiary/aromatic N) is 2. The van der Waals surface area contributed by atoms with E-state index in [9.17, 15) is 19.2 Å². The molecule has 1 atom stereocenters. The number of hydrogen-bond donors (Lipinski definition) is 1. The number of amides is 1. The van der Waals surface area contributed by atoms with E-state index in [4.69, 9.17) is 9.47 Å². The lowest BCUT2D eigenvalue weighted by Crippen LogP contribution is -2.43. The Bertz CT molecular complexity index is 1000. The maximum Gasteiger partial charge on any atom is 0.341 e. The molecule has 1 aromatic rings. The van der Waals surface area contributed by atoms with Gasteiger partial charge < -0.3 is 19.7 Å². The number of hydrogen-bond acceptors (Lipinski definition) is 7. The number of esters is 2. The first-order valence-electron chi connectivity index (χ1n) is 10.4. The van der Waals surface area contributed by atoms with E-state index < -0.39 is 23.9 Å². The Morgan fingerprint density at radius 1 is 1.21 bits per heavy atom. The van der Waals surface area contributed by atoms with Crippen LogP contribution in [-0.2, 0) is 19.1 Å². The number of benzene rings is 1. The van der Waals surface area contributed by atoms with Crippen LogP contribution >= 0.6 is 0 Å². The third-order valence-corrected chi connectivity index (χ3v) is 4.48. The first kappa shape index (κ1) is 25.3. The molecule has 1 aromatic carbocycles. The van der Waals surface area contributed by atoms with E-state index in [1.807, 2.05) is 19.3 Å². The number of nitrogens with one attached hydrogen (secondary N) is 1. The fourth-order valence-corrected chi connectivity index (χ4v) is 2.93. The summed E-state index contributed by atoms with van der Waals surface area (Å²) < 4.78 is 14.0. The van der Waals surface area contributed by atoms with Crippen LogP contribution in [0.15, 0.2) is 48.3 Å². The molecule has 2 rings (SSSR count). The van der Waals surface area contributed by atoms with Crippen LogP contribution in [-0.4, -0.2) is 60.7 Å². The number of rotatable bonds is 10. The summed E-state index contributed by atoms with van der Waals surface area (Å²) in [5.41, 5.74) is 0.758. The van der Waals surface area contributed by atoms with E-state index in [2.05, 4.69) is 16.7 Å². The third kappa shape index (κ3) is 8.23. The van der Waals surface area contributed by atoms with Crippen LogP contribution in [0.2, 0.25) is 0 Å². The first-order valence-corrected chi connectivity index (χ1v) is 10.4. The van der Waals surface area contributed by atoms with Gasteiger partial charge in [-0.1, -0.05) is 6.08 Å². The summed E-state index contributed by atoms with van der Waals surface area (Å²) >= 11 is 0. The molecule has 1 N–H and O–H groups in total. The highest BCUT2D eigenvalue weighted by Gasteiger charge is 2.25. The Kier molecular flexibility index (Phi) is 9.32. The Labute approximate surface area is 192 Å². The van der Waals surface area contributed by atoms with E-state index in [1.165, 1.54) is 24.3 Å². The molecule has 1 amide bonds. The summed E-state index contributed by atoms with van der Waals surface area (Å²) in [7, 11) is 1.81. The zero-order chi connectivity index (χ0) is 24.4. The summed E-state index contributed by atoms with van der Waals surface area (Å²) in [5.74, 6) is -1.68. The maximum atomic E-state index is 12.7. The van der Waals surface area contributed by atoms with E-state index in [1.54, 1.807) is 24.9 Å². The molecular weight excluding hydrogens is 426 g/mol. The van der Waals surface area contributed by atoms with Gasteiger partial charge >= 0.3 is 18.2 Å². The van der Waals surface area contributed by atoms with Crippen LogP contribution in [0.25, 0.3) is 0 Å². The average molecular weight is 455 g/mol. The van der Waals surface area contributed by atoms with Crippen molar-refractivity contribution in [3.05, 3.63) is 53.9 Å². The van der Waals surface area contributed by atoms with Crippen molar-refractivity contribution in [3.8, 4) is 5.75 Å². The van der Waals surface area contributed by atoms with Gasteiger partial charge in [-0.3, -0.25) is 9.59 Å². The minimum absolute atomic E-state index is 0.00766. The maximum absolute atomic E-state index is 12.7. The molecular formula is C24H28N3O6+. The van der Waals surface area contributed by atoms with Crippen LogP contribution in [0.5, 0.6) is 5.75 Å². The van der Waals surface area contributed by atoms with Gasteiger partial charge in [0.05, 0.1) is 11.7 Å². The number of carbonyl (C=O) groups is 4. The van der Waals surface area contributed by atoms with Crippen molar-refractivity contribution in [1.29, 1.82) is 0 Å². The molecule has 0 saturated heterocycles. The second-order valence-electron chi connectivity index (χ2n) is 7.65. The van der Waals surface area contributed by atoms with Gasteiger partial charge in [0.2, 0.25) is 5.78 Å². The molecule has 1 aliphatic heterocycles. The van der Waals surface area contributed by atoms with E-state index in [0.29, 0.717) is 12.0 Å². The Hall–Kier alpha value is -3.97. The van der Waals surface area contributed by atoms with Crippen molar-refractivity contribution < 1.29 is 28.7 Å². The summed E-state index contributed by atoms with van der Waals surface area (Å²) in [6, 6.07) is 4.93. The normalized spacial score (nSPS) is 13.5. The minimum atomic E-state index is -1.01. The number of allylic oxidation sites excluding steroid dienone is 1. The number of carbonyl (C=O) groups excluding carboxylic acids is 4. The topological polar surface area (TPSA) is 116 Å². The highest BCUT2D eigenvalue weighted by Crippen LogP contribution is 2.17. The molecule has 1 heterocycles. The van der Waals surface area contributed by atoms with E-state index >= 15 is 0 Å².